The Labute approximate surface area is 112 Å². The molecule has 2 rings (SSSR count). The molecule has 0 spiro atoms. The van der Waals surface area contributed by atoms with Crippen molar-refractivity contribution in [3.63, 3.8) is 0 Å². The van der Waals surface area contributed by atoms with Crippen LogP contribution in [0.15, 0.2) is 66.7 Å². The maximum atomic E-state index is 11.4. The number of para-hydroxylation sites is 1. The molecule has 3 heteroatoms. The van der Waals surface area contributed by atoms with Crippen molar-refractivity contribution >= 4 is 17.4 Å². The number of rotatable bonds is 4. The van der Waals surface area contributed by atoms with Crippen LogP contribution in [0.4, 0.5) is 5.69 Å². The largest absolute Gasteiger partial charge is 0.466 e. The van der Waals surface area contributed by atoms with E-state index in [0.717, 1.165) is 11.3 Å². The fourth-order valence-electron chi connectivity index (χ4n) is 1.66. The standard InChI is InChI=1S/C16H15NO2/c1-19-16(18)12-15(13-8-4-2-5-9-13)17-14-10-6-3-7-11-14/h2-12,17H,1H3/b15-12+. The second kappa shape index (κ2) is 6.40. The molecule has 1 N–H and O–H groups in total. The van der Waals surface area contributed by atoms with Gasteiger partial charge in [0.1, 0.15) is 0 Å². The third-order valence-electron chi connectivity index (χ3n) is 2.60. The Morgan fingerprint density at radius 2 is 1.58 bits per heavy atom. The lowest BCUT2D eigenvalue weighted by Crippen LogP contribution is -2.04. The van der Waals surface area contributed by atoms with Gasteiger partial charge in [0, 0.05) is 11.8 Å². The van der Waals surface area contributed by atoms with Crippen molar-refractivity contribution < 1.29 is 9.53 Å². The van der Waals surface area contributed by atoms with E-state index in [-0.39, 0.29) is 5.97 Å². The average Bonchev–Trinajstić information content (AvgIpc) is 2.48. The fourth-order valence-corrected chi connectivity index (χ4v) is 1.66. The van der Waals surface area contributed by atoms with Crippen molar-refractivity contribution in [1.29, 1.82) is 0 Å². The van der Waals surface area contributed by atoms with Crippen LogP contribution in [0.5, 0.6) is 0 Å². The van der Waals surface area contributed by atoms with Crippen LogP contribution in [0.25, 0.3) is 5.70 Å². The van der Waals surface area contributed by atoms with E-state index in [1.807, 2.05) is 60.7 Å². The van der Waals surface area contributed by atoms with Gasteiger partial charge in [-0.2, -0.15) is 0 Å². The van der Waals surface area contributed by atoms with Crippen molar-refractivity contribution in [2.45, 2.75) is 0 Å². The number of benzene rings is 2. The number of anilines is 1. The van der Waals surface area contributed by atoms with Crippen LogP contribution in [-0.4, -0.2) is 13.1 Å². The minimum atomic E-state index is -0.387. The van der Waals surface area contributed by atoms with E-state index in [0.29, 0.717) is 5.70 Å². The second-order valence-corrected chi connectivity index (χ2v) is 3.94. The highest BCUT2D eigenvalue weighted by Crippen LogP contribution is 2.18. The predicted molar refractivity (Wildman–Crippen MR) is 76.5 cm³/mol. The van der Waals surface area contributed by atoms with Gasteiger partial charge in [0.25, 0.3) is 0 Å². The molecule has 0 radical (unpaired) electrons. The number of carbonyl (C=O) groups excluding carboxylic acids is 1. The van der Waals surface area contributed by atoms with Crippen LogP contribution in [0.1, 0.15) is 5.56 Å². The van der Waals surface area contributed by atoms with E-state index < -0.39 is 0 Å². The zero-order chi connectivity index (χ0) is 13.5. The number of ether oxygens (including phenoxy) is 1. The number of methoxy groups -OCH3 is 1. The molecule has 0 aliphatic carbocycles. The minimum Gasteiger partial charge on any atom is -0.466 e. The third-order valence-corrected chi connectivity index (χ3v) is 2.60. The highest BCUT2D eigenvalue weighted by atomic mass is 16.5. The minimum absolute atomic E-state index is 0.387. The molecular formula is C16H15NO2. The van der Waals surface area contributed by atoms with Crippen molar-refractivity contribution in [2.24, 2.45) is 0 Å². The molecule has 0 saturated carbocycles. The smallest absolute Gasteiger partial charge is 0.332 e. The maximum Gasteiger partial charge on any atom is 0.332 e. The van der Waals surface area contributed by atoms with Crippen LogP contribution in [0.2, 0.25) is 0 Å². The van der Waals surface area contributed by atoms with Crippen molar-refractivity contribution in [1.82, 2.24) is 0 Å². The van der Waals surface area contributed by atoms with Crippen LogP contribution >= 0.6 is 0 Å². The molecule has 0 aliphatic heterocycles. The summed E-state index contributed by atoms with van der Waals surface area (Å²) in [6, 6.07) is 19.3. The molecule has 2 aromatic rings. The lowest BCUT2D eigenvalue weighted by atomic mass is 10.1. The summed E-state index contributed by atoms with van der Waals surface area (Å²) in [5.74, 6) is -0.387. The Kier molecular flexibility index (Phi) is 4.34. The summed E-state index contributed by atoms with van der Waals surface area (Å²) >= 11 is 0. The molecule has 19 heavy (non-hydrogen) atoms. The van der Waals surface area contributed by atoms with Crippen molar-refractivity contribution in [3.8, 4) is 0 Å². The maximum absolute atomic E-state index is 11.4. The van der Waals surface area contributed by atoms with Crippen LogP contribution in [0.3, 0.4) is 0 Å². The molecule has 0 saturated heterocycles. The Hall–Kier alpha value is -2.55. The third kappa shape index (κ3) is 3.71. The fraction of sp³-hybridized carbons (Fsp3) is 0.0625. The number of nitrogens with one attached hydrogen (secondary N) is 1. The lowest BCUT2D eigenvalue weighted by molar-refractivity contribution is -0.134. The highest BCUT2D eigenvalue weighted by Gasteiger charge is 2.05. The molecule has 0 atom stereocenters. The summed E-state index contributed by atoms with van der Waals surface area (Å²) in [5.41, 5.74) is 2.55. The molecule has 0 aliphatic rings. The Morgan fingerprint density at radius 3 is 2.16 bits per heavy atom. The van der Waals surface area contributed by atoms with Gasteiger partial charge in [-0.15, -0.1) is 0 Å². The van der Waals surface area contributed by atoms with Crippen LogP contribution in [-0.2, 0) is 9.53 Å². The van der Waals surface area contributed by atoms with Gasteiger partial charge >= 0.3 is 5.97 Å². The van der Waals surface area contributed by atoms with E-state index in [2.05, 4.69) is 10.1 Å². The van der Waals surface area contributed by atoms with Crippen molar-refractivity contribution in [2.75, 3.05) is 12.4 Å². The highest BCUT2D eigenvalue weighted by molar-refractivity contribution is 5.94. The zero-order valence-corrected chi connectivity index (χ0v) is 10.7. The van der Waals surface area contributed by atoms with Gasteiger partial charge in [0.2, 0.25) is 0 Å². The Balaban J connectivity index is 2.30. The molecule has 0 amide bonds. The topological polar surface area (TPSA) is 38.3 Å². The van der Waals surface area contributed by atoms with Crippen molar-refractivity contribution in [3.05, 3.63) is 72.3 Å². The molecule has 0 unspecified atom stereocenters. The molecule has 3 nitrogen and oxygen atoms in total. The number of carbonyl (C=O) groups is 1. The van der Waals surface area contributed by atoms with E-state index in [1.54, 1.807) is 0 Å². The molecule has 2 aromatic carbocycles. The quantitative estimate of drug-likeness (QED) is 0.671. The summed E-state index contributed by atoms with van der Waals surface area (Å²) < 4.78 is 4.68. The lowest BCUT2D eigenvalue weighted by Gasteiger charge is -2.11. The van der Waals surface area contributed by atoms with Gasteiger partial charge in [0.15, 0.2) is 0 Å². The van der Waals surface area contributed by atoms with Gasteiger partial charge < -0.3 is 10.1 Å². The SMILES string of the molecule is COC(=O)/C=C(/Nc1ccccc1)c1ccccc1. The van der Waals surface area contributed by atoms with Crippen LogP contribution < -0.4 is 5.32 Å². The normalized spacial score (nSPS) is 10.9. The molecule has 0 bridgehead atoms. The van der Waals surface area contributed by atoms with Gasteiger partial charge in [-0.1, -0.05) is 48.5 Å². The first-order valence-corrected chi connectivity index (χ1v) is 5.97. The zero-order valence-electron chi connectivity index (χ0n) is 10.7. The summed E-state index contributed by atoms with van der Waals surface area (Å²) in [5, 5.41) is 3.22. The summed E-state index contributed by atoms with van der Waals surface area (Å²) in [7, 11) is 1.37. The summed E-state index contributed by atoms with van der Waals surface area (Å²) in [6.45, 7) is 0. The molecule has 0 heterocycles. The van der Waals surface area contributed by atoms with Crippen LogP contribution in [0, 0.1) is 0 Å². The number of esters is 1. The predicted octanol–water partition coefficient (Wildman–Crippen LogP) is 3.31. The van der Waals surface area contributed by atoms with Gasteiger partial charge in [-0.25, -0.2) is 4.79 Å². The van der Waals surface area contributed by atoms with E-state index in [9.17, 15) is 4.79 Å². The first-order valence-electron chi connectivity index (χ1n) is 5.97. The first-order chi connectivity index (χ1) is 9.29. The Bertz CT molecular complexity index is 562. The monoisotopic (exact) mass is 253 g/mol. The van der Waals surface area contributed by atoms with Gasteiger partial charge in [-0.3, -0.25) is 0 Å². The summed E-state index contributed by atoms with van der Waals surface area (Å²) in [4.78, 5) is 11.4. The average molecular weight is 253 g/mol. The van der Waals surface area contributed by atoms with E-state index >= 15 is 0 Å². The molecule has 0 fully saturated rings. The van der Waals surface area contributed by atoms with Gasteiger partial charge in [-0.05, 0) is 17.7 Å². The van der Waals surface area contributed by atoms with E-state index in [4.69, 9.17) is 0 Å². The molecule has 0 aromatic heterocycles. The Morgan fingerprint density at radius 1 is 1.00 bits per heavy atom. The number of hydrogen-bond acceptors (Lipinski definition) is 3. The molecular weight excluding hydrogens is 238 g/mol. The van der Waals surface area contributed by atoms with Gasteiger partial charge in [0.05, 0.1) is 12.8 Å². The first kappa shape index (κ1) is 12.9. The van der Waals surface area contributed by atoms with E-state index in [1.165, 1.54) is 13.2 Å². The summed E-state index contributed by atoms with van der Waals surface area (Å²) in [6.07, 6.45) is 1.45. The second-order valence-electron chi connectivity index (χ2n) is 3.94. The number of hydrogen-bond donors (Lipinski definition) is 1. The molecule has 96 valence electrons.